The van der Waals surface area contributed by atoms with Gasteiger partial charge in [0.25, 0.3) is 0 Å². The van der Waals surface area contributed by atoms with Crippen molar-refractivity contribution in [1.82, 2.24) is 0 Å². The van der Waals surface area contributed by atoms with E-state index in [1.807, 2.05) is 36.4 Å². The van der Waals surface area contributed by atoms with Gasteiger partial charge in [-0.05, 0) is 17.5 Å². The van der Waals surface area contributed by atoms with E-state index in [0.717, 1.165) is 16.6 Å². The summed E-state index contributed by atoms with van der Waals surface area (Å²) in [6.07, 6.45) is 1.79. The molecule has 3 aromatic rings. The molecule has 0 amide bonds. The van der Waals surface area contributed by atoms with Gasteiger partial charge in [-0.3, -0.25) is 4.99 Å². The standard InChI is InChI=1S/C19H15NO3/c1-21-17-10-19-18(22-12-23-19)9-14(17)11-20-16-8-4-6-13-5-2-3-7-15(13)16/h2-11H,12H2,1H3. The number of rotatable bonds is 3. The predicted octanol–water partition coefficient (Wildman–Crippen LogP) is 4.33. The first-order chi connectivity index (χ1) is 11.3. The highest BCUT2D eigenvalue weighted by Gasteiger charge is 2.17. The summed E-state index contributed by atoms with van der Waals surface area (Å²) in [5.74, 6) is 2.12. The minimum absolute atomic E-state index is 0.238. The normalized spacial score (nSPS) is 12.9. The van der Waals surface area contributed by atoms with E-state index in [4.69, 9.17) is 14.2 Å². The fourth-order valence-corrected chi connectivity index (χ4v) is 2.68. The Bertz CT molecular complexity index is 897. The van der Waals surface area contributed by atoms with Crippen molar-refractivity contribution in [2.24, 2.45) is 4.99 Å². The molecule has 114 valence electrons. The van der Waals surface area contributed by atoms with E-state index in [-0.39, 0.29) is 6.79 Å². The second kappa shape index (κ2) is 5.65. The van der Waals surface area contributed by atoms with Gasteiger partial charge in [-0.15, -0.1) is 0 Å². The lowest BCUT2D eigenvalue weighted by molar-refractivity contribution is 0.174. The third-order valence-electron chi connectivity index (χ3n) is 3.83. The minimum atomic E-state index is 0.238. The number of nitrogens with zero attached hydrogens (tertiary/aromatic N) is 1. The Morgan fingerprint density at radius 2 is 1.78 bits per heavy atom. The van der Waals surface area contributed by atoms with Crippen LogP contribution in [0.15, 0.2) is 59.6 Å². The molecular weight excluding hydrogens is 290 g/mol. The summed E-state index contributed by atoms with van der Waals surface area (Å²) >= 11 is 0. The summed E-state index contributed by atoms with van der Waals surface area (Å²) in [5.41, 5.74) is 1.77. The third-order valence-corrected chi connectivity index (χ3v) is 3.83. The van der Waals surface area contributed by atoms with Gasteiger partial charge >= 0.3 is 0 Å². The molecule has 0 aliphatic carbocycles. The molecule has 3 aromatic carbocycles. The summed E-state index contributed by atoms with van der Waals surface area (Å²) in [6.45, 7) is 0.238. The van der Waals surface area contributed by atoms with Gasteiger partial charge in [0.05, 0.1) is 12.8 Å². The van der Waals surface area contributed by atoms with Crippen LogP contribution < -0.4 is 14.2 Å². The van der Waals surface area contributed by atoms with Gasteiger partial charge in [0.2, 0.25) is 6.79 Å². The van der Waals surface area contributed by atoms with E-state index in [1.54, 1.807) is 13.3 Å². The maximum absolute atomic E-state index is 5.42. The first kappa shape index (κ1) is 13.6. The van der Waals surface area contributed by atoms with Crippen LogP contribution in [-0.4, -0.2) is 20.1 Å². The molecule has 0 radical (unpaired) electrons. The van der Waals surface area contributed by atoms with Gasteiger partial charge in [-0.1, -0.05) is 36.4 Å². The smallest absolute Gasteiger partial charge is 0.231 e. The molecule has 0 saturated carbocycles. The number of aliphatic imine (C=N–C) groups is 1. The highest BCUT2D eigenvalue weighted by molar-refractivity contribution is 5.96. The average molecular weight is 305 g/mol. The lowest BCUT2D eigenvalue weighted by atomic mass is 10.1. The number of hydrogen-bond acceptors (Lipinski definition) is 4. The van der Waals surface area contributed by atoms with E-state index < -0.39 is 0 Å². The monoisotopic (exact) mass is 305 g/mol. The molecule has 4 nitrogen and oxygen atoms in total. The van der Waals surface area contributed by atoms with Crippen molar-refractivity contribution < 1.29 is 14.2 Å². The van der Waals surface area contributed by atoms with Gasteiger partial charge in [0.1, 0.15) is 5.75 Å². The summed E-state index contributed by atoms with van der Waals surface area (Å²) in [5, 5.41) is 2.28. The Morgan fingerprint density at radius 1 is 1.00 bits per heavy atom. The fraction of sp³-hybridized carbons (Fsp3) is 0.105. The van der Waals surface area contributed by atoms with Crippen molar-refractivity contribution in [3.05, 3.63) is 60.2 Å². The first-order valence-corrected chi connectivity index (χ1v) is 7.34. The van der Waals surface area contributed by atoms with E-state index in [9.17, 15) is 0 Å². The maximum Gasteiger partial charge on any atom is 0.231 e. The van der Waals surface area contributed by atoms with Gasteiger partial charge < -0.3 is 14.2 Å². The van der Waals surface area contributed by atoms with Crippen molar-refractivity contribution in [2.45, 2.75) is 0 Å². The van der Waals surface area contributed by atoms with Gasteiger partial charge in [0, 0.05) is 23.2 Å². The molecule has 4 rings (SSSR count). The van der Waals surface area contributed by atoms with Crippen molar-refractivity contribution >= 4 is 22.7 Å². The fourth-order valence-electron chi connectivity index (χ4n) is 2.68. The number of ether oxygens (including phenoxy) is 3. The molecule has 0 saturated heterocycles. The molecule has 0 unspecified atom stereocenters. The van der Waals surface area contributed by atoms with Gasteiger partial charge in [-0.25, -0.2) is 0 Å². The van der Waals surface area contributed by atoms with Crippen LogP contribution in [-0.2, 0) is 0 Å². The summed E-state index contributed by atoms with van der Waals surface area (Å²) in [4.78, 5) is 4.64. The van der Waals surface area contributed by atoms with Gasteiger partial charge in [-0.2, -0.15) is 0 Å². The molecule has 0 atom stereocenters. The van der Waals surface area contributed by atoms with Crippen molar-refractivity contribution in [1.29, 1.82) is 0 Å². The molecular formula is C19H15NO3. The van der Waals surface area contributed by atoms with Crippen LogP contribution in [0.4, 0.5) is 5.69 Å². The quantitative estimate of drug-likeness (QED) is 0.676. The number of fused-ring (bicyclic) bond motifs is 2. The van der Waals surface area contributed by atoms with E-state index in [1.165, 1.54) is 5.39 Å². The Kier molecular flexibility index (Phi) is 3.35. The largest absolute Gasteiger partial charge is 0.496 e. The first-order valence-electron chi connectivity index (χ1n) is 7.34. The van der Waals surface area contributed by atoms with Crippen LogP contribution in [0.25, 0.3) is 10.8 Å². The topological polar surface area (TPSA) is 40.0 Å². The van der Waals surface area contributed by atoms with Crippen LogP contribution in [0.5, 0.6) is 17.2 Å². The summed E-state index contributed by atoms with van der Waals surface area (Å²) in [6, 6.07) is 18.0. The zero-order valence-electron chi connectivity index (χ0n) is 12.7. The van der Waals surface area contributed by atoms with E-state index in [0.29, 0.717) is 17.2 Å². The number of hydrogen-bond donors (Lipinski definition) is 0. The molecule has 1 aliphatic heterocycles. The zero-order chi connectivity index (χ0) is 15.6. The molecule has 1 heterocycles. The molecule has 0 N–H and O–H groups in total. The highest BCUT2D eigenvalue weighted by Crippen LogP contribution is 2.37. The lowest BCUT2D eigenvalue weighted by Crippen LogP contribution is -1.92. The lowest BCUT2D eigenvalue weighted by Gasteiger charge is -2.06. The molecule has 0 bridgehead atoms. The van der Waals surface area contributed by atoms with Crippen molar-refractivity contribution in [2.75, 3.05) is 13.9 Å². The van der Waals surface area contributed by atoms with E-state index in [2.05, 4.69) is 23.2 Å². The van der Waals surface area contributed by atoms with E-state index >= 15 is 0 Å². The molecule has 4 heteroatoms. The van der Waals surface area contributed by atoms with Crippen LogP contribution in [0.3, 0.4) is 0 Å². The van der Waals surface area contributed by atoms with Crippen LogP contribution in [0.2, 0.25) is 0 Å². The Hall–Kier alpha value is -3.01. The third kappa shape index (κ3) is 2.48. The second-order valence-corrected chi connectivity index (χ2v) is 5.20. The number of benzene rings is 3. The van der Waals surface area contributed by atoms with Gasteiger partial charge in [0.15, 0.2) is 11.5 Å². The van der Waals surface area contributed by atoms with Crippen LogP contribution >= 0.6 is 0 Å². The molecule has 23 heavy (non-hydrogen) atoms. The summed E-state index contributed by atoms with van der Waals surface area (Å²) in [7, 11) is 1.63. The molecule has 0 fully saturated rings. The maximum atomic E-state index is 5.42. The molecule has 0 aromatic heterocycles. The highest BCUT2D eigenvalue weighted by atomic mass is 16.7. The Morgan fingerprint density at radius 3 is 2.65 bits per heavy atom. The second-order valence-electron chi connectivity index (χ2n) is 5.20. The summed E-state index contributed by atoms with van der Waals surface area (Å²) < 4.78 is 16.2. The molecule has 1 aliphatic rings. The average Bonchev–Trinajstić information content (AvgIpc) is 3.06. The van der Waals surface area contributed by atoms with Crippen molar-refractivity contribution in [3.63, 3.8) is 0 Å². The van der Waals surface area contributed by atoms with Crippen LogP contribution in [0, 0.1) is 0 Å². The zero-order valence-corrected chi connectivity index (χ0v) is 12.7. The van der Waals surface area contributed by atoms with Crippen LogP contribution in [0.1, 0.15) is 5.56 Å². The SMILES string of the molecule is COc1cc2c(cc1C=Nc1cccc3ccccc13)OCO2. The van der Waals surface area contributed by atoms with Crippen molar-refractivity contribution in [3.8, 4) is 17.2 Å². The minimum Gasteiger partial charge on any atom is -0.496 e. The Balaban J connectivity index is 1.76. The molecule has 0 spiro atoms. The Labute approximate surface area is 133 Å². The predicted molar refractivity (Wildman–Crippen MR) is 90.3 cm³/mol. The number of methoxy groups -OCH3 is 1.